The van der Waals surface area contributed by atoms with Gasteiger partial charge in [0.15, 0.2) is 0 Å². The van der Waals surface area contributed by atoms with E-state index >= 15 is 0 Å². The fourth-order valence-electron chi connectivity index (χ4n) is 3.07. The van der Waals surface area contributed by atoms with E-state index in [1.165, 1.54) is 19.3 Å². The molecule has 1 aliphatic carbocycles. The van der Waals surface area contributed by atoms with Gasteiger partial charge in [-0.05, 0) is 43.2 Å². The van der Waals surface area contributed by atoms with Crippen molar-refractivity contribution in [3.63, 3.8) is 0 Å². The van der Waals surface area contributed by atoms with Crippen LogP contribution >= 0.6 is 0 Å². The second-order valence-electron chi connectivity index (χ2n) is 5.83. The van der Waals surface area contributed by atoms with Crippen LogP contribution < -0.4 is 5.32 Å². The van der Waals surface area contributed by atoms with Crippen molar-refractivity contribution in [2.75, 3.05) is 5.32 Å². The van der Waals surface area contributed by atoms with Gasteiger partial charge in [0.05, 0.1) is 4.92 Å². The maximum absolute atomic E-state index is 11.1. The van der Waals surface area contributed by atoms with Crippen LogP contribution in [0.25, 0.3) is 0 Å². The van der Waals surface area contributed by atoms with Gasteiger partial charge in [-0.2, -0.15) is 0 Å². The molecule has 1 N–H and O–H groups in total. The molecule has 4 heteroatoms. The summed E-state index contributed by atoms with van der Waals surface area (Å²) in [6, 6.07) is 5.59. The van der Waals surface area contributed by atoms with E-state index in [-0.39, 0.29) is 10.6 Å². The molecule has 2 unspecified atom stereocenters. The minimum atomic E-state index is -0.306. The van der Waals surface area contributed by atoms with Crippen LogP contribution in [0.15, 0.2) is 18.2 Å². The third kappa shape index (κ3) is 3.06. The van der Waals surface area contributed by atoms with Crippen molar-refractivity contribution in [3.05, 3.63) is 33.9 Å². The molecule has 19 heavy (non-hydrogen) atoms. The van der Waals surface area contributed by atoms with Crippen molar-refractivity contribution in [2.24, 2.45) is 11.8 Å². The quantitative estimate of drug-likeness (QED) is 0.658. The summed E-state index contributed by atoms with van der Waals surface area (Å²) in [6.45, 7) is 6.42. The number of hydrogen-bond acceptors (Lipinski definition) is 3. The molecule has 4 nitrogen and oxygen atoms in total. The first-order valence-corrected chi connectivity index (χ1v) is 7.00. The van der Waals surface area contributed by atoms with Gasteiger partial charge in [-0.1, -0.05) is 26.3 Å². The number of nitrogens with zero attached hydrogens (tertiary/aromatic N) is 1. The molecule has 2 atom stereocenters. The molecule has 1 aliphatic rings. The van der Waals surface area contributed by atoms with Gasteiger partial charge in [0.25, 0.3) is 5.69 Å². The molecule has 0 bridgehead atoms. The maximum atomic E-state index is 11.1. The number of aryl methyl sites for hydroxylation is 1. The molecule has 1 saturated carbocycles. The van der Waals surface area contributed by atoms with Crippen molar-refractivity contribution in [3.8, 4) is 0 Å². The maximum Gasteiger partial charge on any atom is 0.292 e. The lowest BCUT2D eigenvalue weighted by Gasteiger charge is -2.35. The van der Waals surface area contributed by atoms with E-state index < -0.39 is 0 Å². The molecule has 0 radical (unpaired) electrons. The molecule has 0 saturated heterocycles. The Morgan fingerprint density at radius 2 is 1.89 bits per heavy atom. The first kappa shape index (κ1) is 13.8. The van der Waals surface area contributed by atoms with Crippen LogP contribution in [0, 0.1) is 28.9 Å². The van der Waals surface area contributed by atoms with E-state index in [2.05, 4.69) is 19.2 Å². The number of benzene rings is 1. The second-order valence-corrected chi connectivity index (χ2v) is 5.83. The van der Waals surface area contributed by atoms with E-state index in [0.29, 0.717) is 23.6 Å². The Balaban J connectivity index is 2.26. The van der Waals surface area contributed by atoms with Crippen molar-refractivity contribution >= 4 is 11.4 Å². The number of nitro groups is 1. The minimum absolute atomic E-state index is 0.176. The number of rotatable bonds is 3. The Morgan fingerprint density at radius 3 is 2.47 bits per heavy atom. The second kappa shape index (κ2) is 5.59. The van der Waals surface area contributed by atoms with Gasteiger partial charge in [-0.3, -0.25) is 10.1 Å². The van der Waals surface area contributed by atoms with Crippen LogP contribution in [0.4, 0.5) is 11.4 Å². The summed E-state index contributed by atoms with van der Waals surface area (Å²) >= 11 is 0. The van der Waals surface area contributed by atoms with E-state index in [1.54, 1.807) is 12.1 Å². The van der Waals surface area contributed by atoms with E-state index in [4.69, 9.17) is 0 Å². The standard InChI is InChI=1S/C15H22N2O2/c1-10-7-8-14(17(18)19)13(9-10)16-15-11(2)5-4-6-12(15)3/h7-9,11-12,15-16H,4-6H2,1-3H3. The van der Waals surface area contributed by atoms with Crippen molar-refractivity contribution in [1.29, 1.82) is 0 Å². The summed E-state index contributed by atoms with van der Waals surface area (Å²) in [5.41, 5.74) is 1.88. The summed E-state index contributed by atoms with van der Waals surface area (Å²) in [7, 11) is 0. The van der Waals surface area contributed by atoms with Crippen LogP contribution in [0.2, 0.25) is 0 Å². The number of hydrogen-bond donors (Lipinski definition) is 1. The lowest BCUT2D eigenvalue weighted by atomic mass is 9.78. The molecule has 1 fully saturated rings. The first-order valence-electron chi connectivity index (χ1n) is 7.00. The lowest BCUT2D eigenvalue weighted by Crippen LogP contribution is -2.37. The van der Waals surface area contributed by atoms with Crippen LogP contribution in [-0.2, 0) is 0 Å². The van der Waals surface area contributed by atoms with Gasteiger partial charge >= 0.3 is 0 Å². The van der Waals surface area contributed by atoms with Crippen LogP contribution in [-0.4, -0.2) is 11.0 Å². The third-order valence-corrected chi connectivity index (χ3v) is 4.22. The monoisotopic (exact) mass is 262 g/mol. The van der Waals surface area contributed by atoms with E-state index in [0.717, 1.165) is 5.56 Å². The van der Waals surface area contributed by atoms with Crippen molar-refractivity contribution in [1.82, 2.24) is 0 Å². The zero-order valence-electron chi connectivity index (χ0n) is 11.8. The fraction of sp³-hybridized carbons (Fsp3) is 0.600. The summed E-state index contributed by atoms with van der Waals surface area (Å²) < 4.78 is 0. The number of nitrogens with one attached hydrogen (secondary N) is 1. The van der Waals surface area contributed by atoms with Crippen LogP contribution in [0.1, 0.15) is 38.7 Å². The Kier molecular flexibility index (Phi) is 4.08. The van der Waals surface area contributed by atoms with Gasteiger partial charge in [-0.15, -0.1) is 0 Å². The summed E-state index contributed by atoms with van der Waals surface area (Å²) in [5, 5.41) is 14.5. The lowest BCUT2D eigenvalue weighted by molar-refractivity contribution is -0.384. The Labute approximate surface area is 114 Å². The zero-order chi connectivity index (χ0) is 14.0. The minimum Gasteiger partial charge on any atom is -0.376 e. The van der Waals surface area contributed by atoms with Gasteiger partial charge < -0.3 is 5.32 Å². The van der Waals surface area contributed by atoms with E-state index in [9.17, 15) is 10.1 Å². The summed E-state index contributed by atoms with van der Waals surface area (Å²) in [5.74, 6) is 1.12. The molecular weight excluding hydrogens is 240 g/mol. The highest BCUT2D eigenvalue weighted by Gasteiger charge is 2.29. The average Bonchev–Trinajstić information content (AvgIpc) is 2.33. The summed E-state index contributed by atoms with van der Waals surface area (Å²) in [4.78, 5) is 10.8. The molecule has 0 amide bonds. The molecule has 0 aromatic heterocycles. The zero-order valence-corrected chi connectivity index (χ0v) is 11.8. The molecule has 0 aliphatic heterocycles. The molecule has 2 rings (SSSR count). The van der Waals surface area contributed by atoms with Gasteiger partial charge in [0.2, 0.25) is 0 Å². The smallest absolute Gasteiger partial charge is 0.292 e. The Hall–Kier alpha value is -1.58. The number of anilines is 1. The SMILES string of the molecule is Cc1ccc([N+](=O)[O-])c(NC2C(C)CCCC2C)c1. The van der Waals surface area contributed by atoms with Crippen molar-refractivity contribution in [2.45, 2.75) is 46.1 Å². The molecule has 104 valence electrons. The van der Waals surface area contributed by atoms with Gasteiger partial charge in [0, 0.05) is 12.1 Å². The van der Waals surface area contributed by atoms with Crippen LogP contribution in [0.5, 0.6) is 0 Å². The number of nitro benzene ring substituents is 1. The molecule has 0 heterocycles. The van der Waals surface area contributed by atoms with Gasteiger partial charge in [-0.25, -0.2) is 0 Å². The topological polar surface area (TPSA) is 55.2 Å². The van der Waals surface area contributed by atoms with E-state index in [1.807, 2.05) is 13.0 Å². The first-order chi connectivity index (χ1) is 8.99. The normalized spacial score (nSPS) is 27.0. The molecule has 1 aromatic carbocycles. The highest BCUT2D eigenvalue weighted by Crippen LogP contribution is 2.34. The highest BCUT2D eigenvalue weighted by molar-refractivity contribution is 5.63. The predicted molar refractivity (Wildman–Crippen MR) is 77.4 cm³/mol. The molecule has 0 spiro atoms. The third-order valence-electron chi connectivity index (χ3n) is 4.22. The Bertz CT molecular complexity index is 463. The molecular formula is C15H22N2O2. The fourth-order valence-corrected chi connectivity index (χ4v) is 3.07. The summed E-state index contributed by atoms with van der Waals surface area (Å²) in [6.07, 6.45) is 3.65. The van der Waals surface area contributed by atoms with Crippen molar-refractivity contribution < 1.29 is 4.92 Å². The molecule has 1 aromatic rings. The van der Waals surface area contributed by atoms with Crippen LogP contribution in [0.3, 0.4) is 0 Å². The Morgan fingerprint density at radius 1 is 1.26 bits per heavy atom. The highest BCUT2D eigenvalue weighted by atomic mass is 16.6. The largest absolute Gasteiger partial charge is 0.376 e. The average molecular weight is 262 g/mol. The van der Waals surface area contributed by atoms with Gasteiger partial charge in [0.1, 0.15) is 5.69 Å². The predicted octanol–water partition coefficient (Wildman–Crippen LogP) is 4.14.